The average Bonchev–Trinajstić information content (AvgIpc) is 1.99. The molecule has 0 radical (unpaired) electrons. The molecule has 0 bridgehead atoms. The Labute approximate surface area is 63.8 Å². The van der Waals surface area contributed by atoms with Crippen LogP contribution in [0.25, 0.3) is 0 Å². The van der Waals surface area contributed by atoms with Crippen molar-refractivity contribution < 1.29 is 4.79 Å². The SMILES string of the molecule is CC[C@@H](C)CC[C@@H](C)C=O. The second kappa shape index (κ2) is 5.45. The Balaban J connectivity index is 3.25. The molecule has 0 aromatic heterocycles. The predicted octanol–water partition coefficient (Wildman–Crippen LogP) is 2.65. The summed E-state index contributed by atoms with van der Waals surface area (Å²) in [6.45, 7) is 6.41. The van der Waals surface area contributed by atoms with Crippen molar-refractivity contribution in [2.45, 2.75) is 40.0 Å². The van der Waals surface area contributed by atoms with E-state index in [4.69, 9.17) is 0 Å². The van der Waals surface area contributed by atoms with E-state index in [1.54, 1.807) is 0 Å². The molecule has 0 aromatic carbocycles. The first-order chi connectivity index (χ1) is 4.70. The lowest BCUT2D eigenvalue weighted by Crippen LogP contribution is -1.99. The van der Waals surface area contributed by atoms with Gasteiger partial charge in [-0.25, -0.2) is 0 Å². The Kier molecular flexibility index (Phi) is 5.27. The third-order valence-electron chi connectivity index (χ3n) is 2.04. The van der Waals surface area contributed by atoms with Crippen molar-refractivity contribution in [2.24, 2.45) is 11.8 Å². The van der Waals surface area contributed by atoms with Crippen LogP contribution in [0.3, 0.4) is 0 Å². The number of hydrogen-bond donors (Lipinski definition) is 0. The average molecular weight is 142 g/mol. The molecule has 0 aliphatic carbocycles. The van der Waals surface area contributed by atoms with Gasteiger partial charge >= 0.3 is 0 Å². The fraction of sp³-hybridized carbons (Fsp3) is 0.889. The molecular weight excluding hydrogens is 124 g/mol. The normalized spacial score (nSPS) is 16.3. The smallest absolute Gasteiger partial charge is 0.122 e. The molecule has 0 saturated carbocycles. The minimum atomic E-state index is 0.258. The first-order valence-electron chi connectivity index (χ1n) is 4.16. The Bertz CT molecular complexity index is 88.7. The minimum absolute atomic E-state index is 0.258. The monoisotopic (exact) mass is 142 g/mol. The molecule has 0 saturated heterocycles. The summed E-state index contributed by atoms with van der Waals surface area (Å²) >= 11 is 0. The van der Waals surface area contributed by atoms with Gasteiger partial charge < -0.3 is 4.79 Å². The Morgan fingerprint density at radius 1 is 1.30 bits per heavy atom. The molecule has 0 N–H and O–H groups in total. The molecule has 0 heterocycles. The summed E-state index contributed by atoms with van der Waals surface area (Å²) in [7, 11) is 0. The molecule has 0 rings (SSSR count). The predicted molar refractivity (Wildman–Crippen MR) is 43.9 cm³/mol. The van der Waals surface area contributed by atoms with Crippen LogP contribution in [0, 0.1) is 11.8 Å². The molecule has 0 aliphatic rings. The summed E-state index contributed by atoms with van der Waals surface area (Å²) in [5, 5.41) is 0. The zero-order valence-electron chi connectivity index (χ0n) is 7.26. The molecule has 0 unspecified atom stereocenters. The van der Waals surface area contributed by atoms with Crippen molar-refractivity contribution in [2.75, 3.05) is 0 Å². The molecule has 1 nitrogen and oxygen atoms in total. The number of hydrogen-bond acceptors (Lipinski definition) is 1. The third kappa shape index (κ3) is 4.54. The van der Waals surface area contributed by atoms with E-state index in [2.05, 4.69) is 13.8 Å². The summed E-state index contributed by atoms with van der Waals surface area (Å²) in [5.41, 5.74) is 0. The Hall–Kier alpha value is -0.330. The van der Waals surface area contributed by atoms with Crippen LogP contribution in [0.4, 0.5) is 0 Å². The van der Waals surface area contributed by atoms with Crippen LogP contribution < -0.4 is 0 Å². The molecule has 0 spiro atoms. The zero-order chi connectivity index (χ0) is 7.98. The summed E-state index contributed by atoms with van der Waals surface area (Å²) in [6, 6.07) is 0. The van der Waals surface area contributed by atoms with Gasteiger partial charge in [-0.15, -0.1) is 0 Å². The van der Waals surface area contributed by atoms with Gasteiger partial charge in [0.05, 0.1) is 0 Å². The van der Waals surface area contributed by atoms with E-state index >= 15 is 0 Å². The van der Waals surface area contributed by atoms with Gasteiger partial charge in [0.15, 0.2) is 0 Å². The number of carbonyl (C=O) groups excluding carboxylic acids is 1. The van der Waals surface area contributed by atoms with Gasteiger partial charge in [0, 0.05) is 5.92 Å². The molecule has 2 atom stereocenters. The van der Waals surface area contributed by atoms with Gasteiger partial charge in [-0.2, -0.15) is 0 Å². The minimum Gasteiger partial charge on any atom is -0.303 e. The summed E-state index contributed by atoms with van der Waals surface area (Å²) in [4.78, 5) is 10.2. The van der Waals surface area contributed by atoms with Crippen molar-refractivity contribution in [3.05, 3.63) is 0 Å². The van der Waals surface area contributed by atoms with Crippen LogP contribution in [0.1, 0.15) is 40.0 Å². The van der Waals surface area contributed by atoms with Gasteiger partial charge in [-0.05, 0) is 12.3 Å². The molecular formula is C9H18O. The van der Waals surface area contributed by atoms with E-state index in [9.17, 15) is 4.79 Å². The zero-order valence-corrected chi connectivity index (χ0v) is 7.26. The van der Waals surface area contributed by atoms with Gasteiger partial charge in [-0.1, -0.05) is 33.6 Å². The Morgan fingerprint density at radius 2 is 1.90 bits per heavy atom. The summed E-state index contributed by atoms with van der Waals surface area (Å²) in [6.07, 6.45) is 4.52. The van der Waals surface area contributed by atoms with Gasteiger partial charge in [0.25, 0.3) is 0 Å². The fourth-order valence-electron chi connectivity index (χ4n) is 0.820. The van der Waals surface area contributed by atoms with Crippen molar-refractivity contribution in [3.8, 4) is 0 Å². The highest BCUT2D eigenvalue weighted by molar-refractivity contribution is 5.52. The number of aldehydes is 1. The topological polar surface area (TPSA) is 17.1 Å². The van der Waals surface area contributed by atoms with E-state index in [1.807, 2.05) is 6.92 Å². The van der Waals surface area contributed by atoms with Crippen LogP contribution in [-0.4, -0.2) is 6.29 Å². The van der Waals surface area contributed by atoms with E-state index in [0.29, 0.717) is 0 Å². The first kappa shape index (κ1) is 9.67. The van der Waals surface area contributed by atoms with Gasteiger partial charge in [-0.3, -0.25) is 0 Å². The van der Waals surface area contributed by atoms with Gasteiger partial charge in [0.1, 0.15) is 6.29 Å². The Morgan fingerprint density at radius 3 is 2.30 bits per heavy atom. The van der Waals surface area contributed by atoms with Crippen molar-refractivity contribution in [1.29, 1.82) is 0 Å². The van der Waals surface area contributed by atoms with E-state index < -0.39 is 0 Å². The maximum Gasteiger partial charge on any atom is 0.122 e. The molecule has 0 aromatic rings. The molecule has 0 aliphatic heterocycles. The summed E-state index contributed by atoms with van der Waals surface area (Å²) in [5.74, 6) is 1.04. The van der Waals surface area contributed by atoms with Crippen LogP contribution >= 0.6 is 0 Å². The van der Waals surface area contributed by atoms with Crippen LogP contribution in [0.15, 0.2) is 0 Å². The fourth-order valence-corrected chi connectivity index (χ4v) is 0.820. The molecule has 60 valence electrons. The van der Waals surface area contributed by atoms with Crippen LogP contribution in [0.2, 0.25) is 0 Å². The lowest BCUT2D eigenvalue weighted by atomic mass is 9.97. The maximum atomic E-state index is 10.2. The number of rotatable bonds is 5. The second-order valence-corrected chi connectivity index (χ2v) is 3.20. The van der Waals surface area contributed by atoms with Crippen molar-refractivity contribution in [3.63, 3.8) is 0 Å². The highest BCUT2D eigenvalue weighted by Crippen LogP contribution is 2.12. The molecule has 1 heteroatoms. The van der Waals surface area contributed by atoms with Crippen LogP contribution in [0.5, 0.6) is 0 Å². The van der Waals surface area contributed by atoms with Crippen LogP contribution in [-0.2, 0) is 4.79 Å². The second-order valence-electron chi connectivity index (χ2n) is 3.20. The van der Waals surface area contributed by atoms with E-state index in [0.717, 1.165) is 18.6 Å². The molecule has 0 amide bonds. The number of carbonyl (C=O) groups is 1. The summed E-state index contributed by atoms with van der Waals surface area (Å²) < 4.78 is 0. The lowest BCUT2D eigenvalue weighted by molar-refractivity contribution is -0.110. The van der Waals surface area contributed by atoms with Crippen molar-refractivity contribution >= 4 is 6.29 Å². The first-order valence-corrected chi connectivity index (χ1v) is 4.16. The standard InChI is InChI=1S/C9H18O/c1-4-8(2)5-6-9(3)7-10/h7-9H,4-6H2,1-3H3/t8-,9-/m1/s1. The maximum absolute atomic E-state index is 10.2. The van der Waals surface area contributed by atoms with Gasteiger partial charge in [0.2, 0.25) is 0 Å². The largest absolute Gasteiger partial charge is 0.303 e. The highest BCUT2D eigenvalue weighted by Gasteiger charge is 2.02. The highest BCUT2D eigenvalue weighted by atomic mass is 16.1. The van der Waals surface area contributed by atoms with E-state index in [-0.39, 0.29) is 5.92 Å². The quantitative estimate of drug-likeness (QED) is 0.539. The lowest BCUT2D eigenvalue weighted by Gasteiger charge is -2.08. The third-order valence-corrected chi connectivity index (χ3v) is 2.04. The van der Waals surface area contributed by atoms with E-state index in [1.165, 1.54) is 12.8 Å². The van der Waals surface area contributed by atoms with Crippen molar-refractivity contribution in [1.82, 2.24) is 0 Å². The molecule has 0 fully saturated rings. The molecule has 10 heavy (non-hydrogen) atoms.